The van der Waals surface area contributed by atoms with E-state index in [4.69, 9.17) is 5.73 Å². The smallest absolute Gasteiger partial charge is 0.191 e. The quantitative estimate of drug-likeness (QED) is 0.303. The standard InChI is InChI=1S/C14H32N4.HI/c1-7-17(8-2)14(15)16-10-9-11-18(12(3)4)13(5)6;/h12-13H,7-11H2,1-6H3,(H2,15,16);1H. The lowest BCUT2D eigenvalue weighted by atomic mass is 10.2. The Morgan fingerprint density at radius 2 is 1.53 bits per heavy atom. The zero-order valence-electron chi connectivity index (χ0n) is 13.5. The fraction of sp³-hybridized carbons (Fsp3) is 0.929. The largest absolute Gasteiger partial charge is 0.370 e. The number of hydrogen-bond donors (Lipinski definition) is 1. The summed E-state index contributed by atoms with van der Waals surface area (Å²) in [4.78, 5) is 9.03. The third kappa shape index (κ3) is 8.68. The molecule has 4 nitrogen and oxygen atoms in total. The van der Waals surface area contributed by atoms with Gasteiger partial charge in [0.15, 0.2) is 5.96 Å². The van der Waals surface area contributed by atoms with E-state index < -0.39 is 0 Å². The molecule has 0 aliphatic heterocycles. The average Bonchev–Trinajstić information content (AvgIpc) is 2.29. The lowest BCUT2D eigenvalue weighted by Crippen LogP contribution is -2.38. The van der Waals surface area contributed by atoms with Gasteiger partial charge in [0.2, 0.25) is 0 Å². The van der Waals surface area contributed by atoms with E-state index in [9.17, 15) is 0 Å². The Morgan fingerprint density at radius 3 is 1.89 bits per heavy atom. The molecule has 0 aromatic carbocycles. The Morgan fingerprint density at radius 1 is 1.05 bits per heavy atom. The van der Waals surface area contributed by atoms with Crippen LogP contribution in [0.15, 0.2) is 4.99 Å². The van der Waals surface area contributed by atoms with Gasteiger partial charge >= 0.3 is 0 Å². The van der Waals surface area contributed by atoms with Crippen LogP contribution in [0, 0.1) is 0 Å². The second kappa shape index (κ2) is 11.8. The van der Waals surface area contributed by atoms with Crippen LogP contribution in [0.3, 0.4) is 0 Å². The number of nitrogens with two attached hydrogens (primary N) is 1. The predicted octanol–water partition coefficient (Wildman–Crippen LogP) is 2.77. The molecule has 0 aliphatic carbocycles. The Labute approximate surface area is 136 Å². The molecule has 19 heavy (non-hydrogen) atoms. The van der Waals surface area contributed by atoms with E-state index in [0.717, 1.165) is 32.6 Å². The summed E-state index contributed by atoms with van der Waals surface area (Å²) in [6, 6.07) is 1.18. The van der Waals surface area contributed by atoms with E-state index in [-0.39, 0.29) is 24.0 Å². The molecule has 2 N–H and O–H groups in total. The summed E-state index contributed by atoms with van der Waals surface area (Å²) < 4.78 is 0. The van der Waals surface area contributed by atoms with Gasteiger partial charge in [-0.25, -0.2) is 0 Å². The summed E-state index contributed by atoms with van der Waals surface area (Å²) in [5, 5.41) is 0. The van der Waals surface area contributed by atoms with Crippen molar-refractivity contribution in [1.29, 1.82) is 0 Å². The topological polar surface area (TPSA) is 44.9 Å². The summed E-state index contributed by atoms with van der Waals surface area (Å²) in [6.07, 6.45) is 1.07. The van der Waals surface area contributed by atoms with Crippen molar-refractivity contribution in [1.82, 2.24) is 9.80 Å². The highest BCUT2D eigenvalue weighted by Crippen LogP contribution is 2.05. The van der Waals surface area contributed by atoms with Gasteiger partial charge in [0.1, 0.15) is 0 Å². The molecule has 0 radical (unpaired) electrons. The molecule has 0 fully saturated rings. The van der Waals surface area contributed by atoms with Gasteiger partial charge in [-0.3, -0.25) is 9.89 Å². The number of aliphatic imine (C=N–C) groups is 1. The lowest BCUT2D eigenvalue weighted by Gasteiger charge is -2.30. The van der Waals surface area contributed by atoms with E-state index >= 15 is 0 Å². The van der Waals surface area contributed by atoms with Gasteiger partial charge in [-0.05, 0) is 48.0 Å². The monoisotopic (exact) mass is 384 g/mol. The molecule has 0 aromatic rings. The molecule has 0 saturated carbocycles. The molecule has 0 rings (SSSR count). The second-order valence-electron chi connectivity index (χ2n) is 5.19. The average molecular weight is 384 g/mol. The van der Waals surface area contributed by atoms with E-state index in [1.54, 1.807) is 0 Å². The molecule has 116 valence electrons. The van der Waals surface area contributed by atoms with Gasteiger partial charge in [-0.15, -0.1) is 24.0 Å². The normalized spacial score (nSPS) is 12.2. The highest BCUT2D eigenvalue weighted by atomic mass is 127. The predicted molar refractivity (Wildman–Crippen MR) is 96.4 cm³/mol. The van der Waals surface area contributed by atoms with Crippen molar-refractivity contribution >= 4 is 29.9 Å². The minimum Gasteiger partial charge on any atom is -0.370 e. The first-order valence-electron chi connectivity index (χ1n) is 7.24. The summed E-state index contributed by atoms with van der Waals surface area (Å²) in [7, 11) is 0. The molecule has 0 aliphatic rings. The number of hydrogen-bond acceptors (Lipinski definition) is 2. The minimum atomic E-state index is 0. The number of rotatable bonds is 8. The molecule has 0 unspecified atom stereocenters. The molecular formula is C14H33IN4. The Bertz CT molecular complexity index is 230. The van der Waals surface area contributed by atoms with E-state index in [1.165, 1.54) is 0 Å². The summed E-state index contributed by atoms with van der Waals surface area (Å²) >= 11 is 0. The maximum absolute atomic E-state index is 5.94. The van der Waals surface area contributed by atoms with Crippen LogP contribution in [0.2, 0.25) is 0 Å². The van der Waals surface area contributed by atoms with Gasteiger partial charge in [-0.1, -0.05) is 0 Å². The van der Waals surface area contributed by atoms with Crippen molar-refractivity contribution in [2.24, 2.45) is 10.7 Å². The summed E-state index contributed by atoms with van der Waals surface area (Å²) in [5.74, 6) is 0.681. The van der Waals surface area contributed by atoms with Gasteiger partial charge in [0.05, 0.1) is 0 Å². The second-order valence-corrected chi connectivity index (χ2v) is 5.19. The lowest BCUT2D eigenvalue weighted by molar-refractivity contribution is 0.174. The third-order valence-electron chi connectivity index (χ3n) is 3.26. The fourth-order valence-corrected chi connectivity index (χ4v) is 2.21. The van der Waals surface area contributed by atoms with Crippen LogP contribution in [0.5, 0.6) is 0 Å². The molecule has 0 aromatic heterocycles. The van der Waals surface area contributed by atoms with Gasteiger partial charge in [0.25, 0.3) is 0 Å². The molecule has 5 heteroatoms. The Balaban J connectivity index is 0. The Kier molecular flexibility index (Phi) is 13.2. The summed E-state index contributed by atoms with van der Waals surface area (Å²) in [5.41, 5.74) is 5.94. The fourth-order valence-electron chi connectivity index (χ4n) is 2.21. The first-order chi connectivity index (χ1) is 8.43. The van der Waals surface area contributed by atoms with Crippen LogP contribution in [0.1, 0.15) is 48.0 Å². The van der Waals surface area contributed by atoms with E-state index in [0.29, 0.717) is 18.0 Å². The van der Waals surface area contributed by atoms with Crippen LogP contribution in [-0.4, -0.2) is 54.0 Å². The van der Waals surface area contributed by atoms with Crippen LogP contribution in [0.4, 0.5) is 0 Å². The van der Waals surface area contributed by atoms with Crippen LogP contribution < -0.4 is 5.73 Å². The zero-order valence-corrected chi connectivity index (χ0v) is 15.8. The van der Waals surface area contributed by atoms with Crippen molar-refractivity contribution in [3.05, 3.63) is 0 Å². The molecule has 0 saturated heterocycles. The minimum absolute atomic E-state index is 0. The molecule has 0 amide bonds. The van der Waals surface area contributed by atoms with Gasteiger partial charge in [-0.2, -0.15) is 0 Å². The Hall–Kier alpha value is -0.0400. The highest BCUT2D eigenvalue weighted by molar-refractivity contribution is 14.0. The van der Waals surface area contributed by atoms with Crippen molar-refractivity contribution in [2.45, 2.75) is 60.0 Å². The molecule has 0 spiro atoms. The third-order valence-corrected chi connectivity index (χ3v) is 3.26. The van der Waals surface area contributed by atoms with Crippen molar-refractivity contribution < 1.29 is 0 Å². The molecule has 0 heterocycles. The van der Waals surface area contributed by atoms with Crippen molar-refractivity contribution in [2.75, 3.05) is 26.2 Å². The van der Waals surface area contributed by atoms with Gasteiger partial charge in [0, 0.05) is 38.3 Å². The summed E-state index contributed by atoms with van der Waals surface area (Å²) in [6.45, 7) is 16.9. The maximum Gasteiger partial charge on any atom is 0.191 e. The van der Waals surface area contributed by atoms with E-state index in [1.807, 2.05) is 0 Å². The van der Waals surface area contributed by atoms with Crippen molar-refractivity contribution in [3.8, 4) is 0 Å². The first-order valence-corrected chi connectivity index (χ1v) is 7.24. The molecular weight excluding hydrogens is 351 g/mol. The SMILES string of the molecule is CCN(CC)C(N)=NCCCN(C(C)C)C(C)C.I. The first kappa shape index (κ1) is 21.3. The van der Waals surface area contributed by atoms with Crippen molar-refractivity contribution in [3.63, 3.8) is 0 Å². The highest BCUT2D eigenvalue weighted by Gasteiger charge is 2.12. The van der Waals surface area contributed by atoms with Crippen LogP contribution in [0.25, 0.3) is 0 Å². The van der Waals surface area contributed by atoms with E-state index in [2.05, 4.69) is 56.3 Å². The number of guanidine groups is 1. The number of nitrogens with zero attached hydrogens (tertiary/aromatic N) is 3. The van der Waals surface area contributed by atoms with Gasteiger partial charge < -0.3 is 10.6 Å². The van der Waals surface area contributed by atoms with Crippen LogP contribution >= 0.6 is 24.0 Å². The zero-order chi connectivity index (χ0) is 14.1. The molecule has 0 bridgehead atoms. The molecule has 0 atom stereocenters. The number of halogens is 1. The van der Waals surface area contributed by atoms with Crippen LogP contribution in [-0.2, 0) is 0 Å². The maximum atomic E-state index is 5.94.